The molecule has 0 heterocycles. The third kappa shape index (κ3) is 4.03. The van der Waals surface area contributed by atoms with Gasteiger partial charge in [0.1, 0.15) is 0 Å². The van der Waals surface area contributed by atoms with Crippen LogP contribution in [0.15, 0.2) is 18.2 Å². The van der Waals surface area contributed by atoms with Gasteiger partial charge >= 0.3 is 5.97 Å². The zero-order chi connectivity index (χ0) is 12.7. The highest BCUT2D eigenvalue weighted by Gasteiger charge is 2.11. The largest absolute Gasteiger partial charge is 0.491 e. The Bertz CT molecular complexity index is 379. The van der Waals surface area contributed by atoms with Gasteiger partial charge in [0.15, 0.2) is 11.6 Å². The molecule has 1 N–H and O–H groups in total. The van der Waals surface area contributed by atoms with Crippen LogP contribution in [0.3, 0.4) is 0 Å². The second kappa shape index (κ2) is 6.85. The molecule has 0 atom stereocenters. The molecule has 0 aliphatic carbocycles. The fraction of sp³-hybridized carbons (Fsp3) is 0.417. The topological polar surface area (TPSA) is 55.8 Å². The summed E-state index contributed by atoms with van der Waals surface area (Å²) in [5.74, 6) is -1.09. The zero-order valence-electron chi connectivity index (χ0n) is 9.61. The number of rotatable bonds is 6. The number of esters is 1. The van der Waals surface area contributed by atoms with Crippen molar-refractivity contribution in [3.05, 3.63) is 29.6 Å². The van der Waals surface area contributed by atoms with E-state index in [-0.39, 0.29) is 24.5 Å². The maximum absolute atomic E-state index is 13.4. The second-order valence-corrected chi connectivity index (χ2v) is 3.29. The van der Waals surface area contributed by atoms with Crippen LogP contribution in [-0.4, -0.2) is 30.9 Å². The Hall–Kier alpha value is -1.62. The van der Waals surface area contributed by atoms with Crippen molar-refractivity contribution in [3.8, 4) is 5.75 Å². The molecule has 0 aliphatic heterocycles. The molecule has 0 amide bonds. The predicted octanol–water partition coefficient (Wildman–Crippen LogP) is 1.76. The first-order chi connectivity index (χ1) is 8.19. The molecule has 5 heteroatoms. The third-order valence-corrected chi connectivity index (χ3v) is 2.00. The van der Waals surface area contributed by atoms with E-state index in [4.69, 9.17) is 14.6 Å². The molecular formula is C12H15FO4. The van der Waals surface area contributed by atoms with Gasteiger partial charge in [-0.15, -0.1) is 0 Å². The molecule has 0 saturated carbocycles. The van der Waals surface area contributed by atoms with Gasteiger partial charge in [-0.1, -0.05) is 0 Å². The monoisotopic (exact) mass is 242 g/mol. The Morgan fingerprint density at radius 1 is 1.47 bits per heavy atom. The molecule has 1 aromatic rings. The lowest BCUT2D eigenvalue weighted by Crippen LogP contribution is -2.08. The van der Waals surface area contributed by atoms with Crippen LogP contribution in [-0.2, 0) is 4.74 Å². The summed E-state index contributed by atoms with van der Waals surface area (Å²) in [5.41, 5.74) is 0.129. The number of halogens is 1. The van der Waals surface area contributed by atoms with E-state index in [1.54, 1.807) is 6.92 Å². The van der Waals surface area contributed by atoms with Crippen molar-refractivity contribution in [2.24, 2.45) is 0 Å². The first kappa shape index (κ1) is 13.4. The van der Waals surface area contributed by atoms with Gasteiger partial charge in [0, 0.05) is 13.0 Å². The molecule has 17 heavy (non-hydrogen) atoms. The smallest absolute Gasteiger partial charge is 0.338 e. The molecule has 0 fully saturated rings. The van der Waals surface area contributed by atoms with Crippen LogP contribution in [0.25, 0.3) is 0 Å². The number of hydrogen-bond donors (Lipinski definition) is 1. The Kier molecular flexibility index (Phi) is 5.42. The van der Waals surface area contributed by atoms with Gasteiger partial charge in [0.25, 0.3) is 0 Å². The van der Waals surface area contributed by atoms with Crippen LogP contribution in [0.5, 0.6) is 5.75 Å². The second-order valence-electron chi connectivity index (χ2n) is 3.29. The molecule has 0 aliphatic rings. The van der Waals surface area contributed by atoms with E-state index < -0.39 is 11.8 Å². The fourth-order valence-electron chi connectivity index (χ4n) is 1.21. The lowest BCUT2D eigenvalue weighted by molar-refractivity contribution is 0.0481. The maximum Gasteiger partial charge on any atom is 0.338 e. The lowest BCUT2D eigenvalue weighted by atomic mass is 10.2. The van der Waals surface area contributed by atoms with E-state index in [2.05, 4.69) is 0 Å². The Morgan fingerprint density at radius 2 is 2.24 bits per heavy atom. The van der Waals surface area contributed by atoms with Gasteiger partial charge in [-0.3, -0.25) is 0 Å². The zero-order valence-corrected chi connectivity index (χ0v) is 9.61. The van der Waals surface area contributed by atoms with Crippen molar-refractivity contribution in [3.63, 3.8) is 0 Å². The van der Waals surface area contributed by atoms with Crippen LogP contribution in [0.4, 0.5) is 4.39 Å². The molecular weight excluding hydrogens is 227 g/mol. The summed E-state index contributed by atoms with van der Waals surface area (Å²) in [4.78, 5) is 11.4. The molecule has 4 nitrogen and oxygen atoms in total. The number of benzene rings is 1. The maximum atomic E-state index is 13.4. The summed E-state index contributed by atoms with van der Waals surface area (Å²) in [6.45, 7) is 2.17. The molecule has 1 aromatic carbocycles. The van der Waals surface area contributed by atoms with Crippen LogP contribution >= 0.6 is 0 Å². The van der Waals surface area contributed by atoms with Crippen LogP contribution in [0.2, 0.25) is 0 Å². The van der Waals surface area contributed by atoms with E-state index in [9.17, 15) is 9.18 Å². The van der Waals surface area contributed by atoms with Gasteiger partial charge in [-0.25, -0.2) is 9.18 Å². The molecule has 0 unspecified atom stereocenters. The number of aliphatic hydroxyl groups excluding tert-OH is 1. The van der Waals surface area contributed by atoms with Gasteiger partial charge < -0.3 is 14.6 Å². The van der Waals surface area contributed by atoms with Crippen molar-refractivity contribution >= 4 is 5.97 Å². The third-order valence-electron chi connectivity index (χ3n) is 2.00. The highest BCUT2D eigenvalue weighted by atomic mass is 19.1. The molecule has 0 radical (unpaired) electrons. The van der Waals surface area contributed by atoms with E-state index >= 15 is 0 Å². The van der Waals surface area contributed by atoms with E-state index in [1.807, 2.05) is 0 Å². The minimum absolute atomic E-state index is 0.0507. The quantitative estimate of drug-likeness (QED) is 0.610. The van der Waals surface area contributed by atoms with Gasteiger partial charge in [0.2, 0.25) is 0 Å². The highest BCUT2D eigenvalue weighted by Crippen LogP contribution is 2.18. The first-order valence-electron chi connectivity index (χ1n) is 5.39. The number of carbonyl (C=O) groups excluding carboxylic acids is 1. The Labute approximate surface area is 99.0 Å². The number of ether oxygens (including phenoxy) is 2. The summed E-state index contributed by atoms with van der Waals surface area (Å²) in [6, 6.07) is 3.91. The average molecular weight is 242 g/mol. The molecule has 94 valence electrons. The fourth-order valence-corrected chi connectivity index (χ4v) is 1.21. The average Bonchev–Trinajstić information content (AvgIpc) is 2.32. The van der Waals surface area contributed by atoms with Gasteiger partial charge in [-0.2, -0.15) is 0 Å². The van der Waals surface area contributed by atoms with E-state index in [0.717, 1.165) is 6.07 Å². The van der Waals surface area contributed by atoms with Crippen molar-refractivity contribution in [1.82, 2.24) is 0 Å². The summed E-state index contributed by atoms with van der Waals surface area (Å²) >= 11 is 0. The van der Waals surface area contributed by atoms with Crippen LogP contribution < -0.4 is 4.74 Å². The number of aliphatic hydroxyl groups is 1. The Balaban J connectivity index is 2.65. The van der Waals surface area contributed by atoms with E-state index in [1.165, 1.54) is 12.1 Å². The predicted molar refractivity (Wildman–Crippen MR) is 59.6 cm³/mol. The molecule has 0 aromatic heterocycles. The van der Waals surface area contributed by atoms with Crippen molar-refractivity contribution < 1.29 is 23.8 Å². The summed E-state index contributed by atoms with van der Waals surface area (Å²) in [7, 11) is 0. The molecule has 0 saturated heterocycles. The summed E-state index contributed by atoms with van der Waals surface area (Å²) in [5, 5.41) is 8.52. The first-order valence-corrected chi connectivity index (χ1v) is 5.39. The highest BCUT2D eigenvalue weighted by molar-refractivity contribution is 5.89. The standard InChI is InChI=1S/C12H15FO4/c1-2-16-11-5-4-9(8-10(11)13)12(15)17-7-3-6-14/h4-5,8,14H,2-3,6-7H2,1H3. The molecule has 1 rings (SSSR count). The van der Waals surface area contributed by atoms with Crippen LogP contribution in [0, 0.1) is 5.82 Å². The number of hydrogen-bond acceptors (Lipinski definition) is 4. The lowest BCUT2D eigenvalue weighted by Gasteiger charge is -2.07. The minimum atomic E-state index is -0.611. The molecule has 0 spiro atoms. The van der Waals surface area contributed by atoms with Gasteiger partial charge in [-0.05, 0) is 25.1 Å². The summed E-state index contributed by atoms with van der Waals surface area (Å²) in [6.07, 6.45) is 0.366. The minimum Gasteiger partial charge on any atom is -0.491 e. The SMILES string of the molecule is CCOc1ccc(C(=O)OCCCO)cc1F. The van der Waals surface area contributed by atoms with Crippen molar-refractivity contribution in [2.45, 2.75) is 13.3 Å². The van der Waals surface area contributed by atoms with Crippen molar-refractivity contribution in [1.29, 1.82) is 0 Å². The van der Waals surface area contributed by atoms with Crippen molar-refractivity contribution in [2.75, 3.05) is 19.8 Å². The normalized spacial score (nSPS) is 10.1. The summed E-state index contributed by atoms with van der Waals surface area (Å²) < 4.78 is 23.2. The number of carbonyl (C=O) groups is 1. The Morgan fingerprint density at radius 3 is 2.82 bits per heavy atom. The van der Waals surface area contributed by atoms with E-state index in [0.29, 0.717) is 13.0 Å². The van der Waals surface area contributed by atoms with Gasteiger partial charge in [0.05, 0.1) is 18.8 Å². The molecule has 0 bridgehead atoms. The van der Waals surface area contributed by atoms with Crippen LogP contribution in [0.1, 0.15) is 23.7 Å².